The highest BCUT2D eigenvalue weighted by molar-refractivity contribution is 8.16. The highest BCUT2D eigenvalue weighted by atomic mass is 32.2. The molecule has 0 unspecified atom stereocenters. The SMILES string of the molecule is CCOC(=O)C1=C(C)N=C2SC=C(CC(=O)N(C)CC)N2[C@H]1c1cccc(OCc2ccccc2)c1. The number of nitrogens with zero attached hydrogens (tertiary/aromatic N) is 3. The maximum atomic E-state index is 13.2. The molecule has 0 bridgehead atoms. The number of carbonyl (C=O) groups is 2. The van der Waals surface area contributed by atoms with E-state index in [9.17, 15) is 9.59 Å². The first-order valence-corrected chi connectivity index (χ1v) is 12.9. The van der Waals surface area contributed by atoms with Crippen LogP contribution in [-0.2, 0) is 20.9 Å². The summed E-state index contributed by atoms with van der Waals surface area (Å²) in [6.07, 6.45) is 0.214. The van der Waals surface area contributed by atoms with Gasteiger partial charge in [0.2, 0.25) is 5.91 Å². The molecule has 8 heteroatoms. The van der Waals surface area contributed by atoms with Crippen LogP contribution in [0.25, 0.3) is 0 Å². The molecular weight excluding hydrogens is 474 g/mol. The van der Waals surface area contributed by atoms with Gasteiger partial charge in [-0.3, -0.25) is 4.79 Å². The van der Waals surface area contributed by atoms with Crippen LogP contribution in [0.5, 0.6) is 5.75 Å². The number of hydrogen-bond donors (Lipinski definition) is 0. The number of hydrogen-bond acceptors (Lipinski definition) is 7. The first-order valence-electron chi connectivity index (χ1n) is 12.0. The number of ether oxygens (including phenoxy) is 2. The van der Waals surface area contributed by atoms with E-state index >= 15 is 0 Å². The van der Waals surface area contributed by atoms with Crippen LogP contribution < -0.4 is 4.74 Å². The topological polar surface area (TPSA) is 71.4 Å². The van der Waals surface area contributed by atoms with Gasteiger partial charge in [0.15, 0.2) is 5.17 Å². The number of benzene rings is 2. The molecule has 188 valence electrons. The van der Waals surface area contributed by atoms with E-state index in [0.29, 0.717) is 30.2 Å². The van der Waals surface area contributed by atoms with E-state index in [4.69, 9.17) is 14.5 Å². The van der Waals surface area contributed by atoms with Gasteiger partial charge < -0.3 is 19.3 Å². The Morgan fingerprint density at radius 3 is 2.61 bits per heavy atom. The van der Waals surface area contributed by atoms with Crippen LogP contribution in [0.4, 0.5) is 0 Å². The Labute approximate surface area is 216 Å². The fourth-order valence-electron chi connectivity index (χ4n) is 4.14. The molecule has 0 spiro atoms. The number of rotatable bonds is 9. The molecule has 1 atom stereocenters. The number of aliphatic imine (C=N–C) groups is 1. The van der Waals surface area contributed by atoms with E-state index in [0.717, 1.165) is 22.0 Å². The number of amides is 1. The maximum absolute atomic E-state index is 13.2. The third-order valence-corrected chi connectivity index (χ3v) is 7.04. The lowest BCUT2D eigenvalue weighted by Crippen LogP contribution is -2.38. The van der Waals surface area contributed by atoms with Gasteiger partial charge in [0.25, 0.3) is 0 Å². The molecule has 1 amide bonds. The standard InChI is InChI=1S/C28H31N3O4S/c1-5-30(4)24(32)16-22-18-36-28-29-19(3)25(27(33)34-6-2)26(31(22)28)21-13-10-14-23(15-21)35-17-20-11-8-7-9-12-20/h7-15,18,26H,5-6,16-17H2,1-4H3/t26-/m0/s1. The molecule has 4 rings (SSSR count). The van der Waals surface area contributed by atoms with E-state index in [2.05, 4.69) is 0 Å². The van der Waals surface area contributed by atoms with Gasteiger partial charge in [-0.05, 0) is 49.4 Å². The molecule has 7 nitrogen and oxygen atoms in total. The summed E-state index contributed by atoms with van der Waals surface area (Å²) < 4.78 is 11.5. The predicted molar refractivity (Wildman–Crippen MR) is 142 cm³/mol. The molecule has 2 aromatic carbocycles. The summed E-state index contributed by atoms with van der Waals surface area (Å²) >= 11 is 1.46. The Balaban J connectivity index is 1.69. The number of esters is 1. The van der Waals surface area contributed by atoms with E-state index in [-0.39, 0.29) is 18.9 Å². The van der Waals surface area contributed by atoms with Crippen molar-refractivity contribution in [1.82, 2.24) is 9.80 Å². The number of allylic oxidation sites excluding steroid dienone is 1. The molecule has 0 N–H and O–H groups in total. The van der Waals surface area contributed by atoms with Crippen LogP contribution in [-0.4, -0.2) is 47.0 Å². The predicted octanol–water partition coefficient (Wildman–Crippen LogP) is 5.27. The van der Waals surface area contributed by atoms with Crippen molar-refractivity contribution in [3.05, 3.63) is 88.1 Å². The van der Waals surface area contributed by atoms with Gasteiger partial charge in [0.1, 0.15) is 12.4 Å². The Hall–Kier alpha value is -3.52. The molecule has 0 aromatic heterocycles. The summed E-state index contributed by atoms with van der Waals surface area (Å²) in [7, 11) is 1.79. The summed E-state index contributed by atoms with van der Waals surface area (Å²) in [5.74, 6) is 0.292. The molecule has 36 heavy (non-hydrogen) atoms. The summed E-state index contributed by atoms with van der Waals surface area (Å²) in [5.41, 5.74) is 3.81. The van der Waals surface area contributed by atoms with Gasteiger partial charge in [0, 0.05) is 19.3 Å². The minimum atomic E-state index is -0.488. The zero-order valence-electron chi connectivity index (χ0n) is 21.1. The van der Waals surface area contributed by atoms with Gasteiger partial charge >= 0.3 is 5.97 Å². The van der Waals surface area contributed by atoms with Gasteiger partial charge in [-0.25, -0.2) is 9.79 Å². The van der Waals surface area contributed by atoms with Gasteiger partial charge in [-0.15, -0.1) is 0 Å². The lowest BCUT2D eigenvalue weighted by atomic mass is 9.93. The van der Waals surface area contributed by atoms with Crippen LogP contribution in [0.1, 0.15) is 44.4 Å². The Kier molecular flexibility index (Phi) is 8.15. The average molecular weight is 506 g/mol. The lowest BCUT2D eigenvalue weighted by molar-refractivity contribution is -0.139. The first kappa shape index (κ1) is 25.6. The van der Waals surface area contributed by atoms with Crippen LogP contribution in [0.2, 0.25) is 0 Å². The monoisotopic (exact) mass is 505 g/mol. The van der Waals surface area contributed by atoms with Crippen LogP contribution in [0, 0.1) is 0 Å². The number of amidine groups is 1. The van der Waals surface area contributed by atoms with Crippen molar-refractivity contribution >= 4 is 28.8 Å². The minimum absolute atomic E-state index is 0.00764. The highest BCUT2D eigenvalue weighted by Gasteiger charge is 2.41. The fraction of sp³-hybridized carbons (Fsp3) is 0.321. The molecule has 2 aliphatic rings. The van der Waals surface area contributed by atoms with E-state index in [1.54, 1.807) is 18.9 Å². The third-order valence-electron chi connectivity index (χ3n) is 6.15. The molecule has 0 saturated carbocycles. The maximum Gasteiger partial charge on any atom is 0.338 e. The number of fused-ring (bicyclic) bond motifs is 1. The second kappa shape index (κ2) is 11.5. The Morgan fingerprint density at radius 1 is 1.11 bits per heavy atom. The third kappa shape index (κ3) is 5.49. The molecular formula is C28H31N3O4S. The van der Waals surface area contributed by atoms with E-state index < -0.39 is 12.0 Å². The van der Waals surface area contributed by atoms with Crippen molar-refractivity contribution in [2.75, 3.05) is 20.2 Å². The molecule has 2 aromatic rings. The second-order valence-corrected chi connectivity index (χ2v) is 9.38. The molecule has 0 saturated heterocycles. The minimum Gasteiger partial charge on any atom is -0.489 e. The van der Waals surface area contributed by atoms with Gasteiger partial charge in [0.05, 0.1) is 30.3 Å². The summed E-state index contributed by atoms with van der Waals surface area (Å²) in [4.78, 5) is 34.3. The largest absolute Gasteiger partial charge is 0.489 e. The fourth-order valence-corrected chi connectivity index (χ4v) is 5.10. The van der Waals surface area contributed by atoms with E-state index in [1.807, 2.05) is 78.8 Å². The van der Waals surface area contributed by atoms with Crippen molar-refractivity contribution < 1.29 is 19.1 Å². The normalized spacial score (nSPS) is 16.8. The van der Waals surface area contributed by atoms with Crippen LogP contribution in [0.15, 0.2) is 82.0 Å². The van der Waals surface area contributed by atoms with Gasteiger partial charge in [-0.1, -0.05) is 54.2 Å². The molecule has 0 aliphatic carbocycles. The Bertz CT molecular complexity index is 1220. The summed E-state index contributed by atoms with van der Waals surface area (Å²) in [6, 6.07) is 17.2. The zero-order chi connectivity index (χ0) is 25.7. The van der Waals surface area contributed by atoms with E-state index in [1.165, 1.54) is 11.8 Å². The highest BCUT2D eigenvalue weighted by Crippen LogP contribution is 2.45. The smallest absolute Gasteiger partial charge is 0.338 e. The number of thioether (sulfide) groups is 1. The molecule has 2 heterocycles. The molecule has 2 aliphatic heterocycles. The first-order chi connectivity index (χ1) is 17.4. The molecule has 0 fully saturated rings. The van der Waals surface area contributed by atoms with Gasteiger partial charge in [-0.2, -0.15) is 0 Å². The lowest BCUT2D eigenvalue weighted by Gasteiger charge is -2.36. The van der Waals surface area contributed by atoms with Crippen LogP contribution >= 0.6 is 11.8 Å². The molecule has 0 radical (unpaired) electrons. The van der Waals surface area contributed by atoms with Crippen molar-refractivity contribution in [2.24, 2.45) is 4.99 Å². The van der Waals surface area contributed by atoms with Crippen molar-refractivity contribution in [3.8, 4) is 5.75 Å². The van der Waals surface area contributed by atoms with Crippen molar-refractivity contribution in [2.45, 2.75) is 39.8 Å². The number of carbonyl (C=O) groups excluding carboxylic acids is 2. The van der Waals surface area contributed by atoms with Crippen LogP contribution in [0.3, 0.4) is 0 Å². The quantitative estimate of drug-likeness (QED) is 0.432. The average Bonchev–Trinajstić information content (AvgIpc) is 3.28. The van der Waals surface area contributed by atoms with Crippen molar-refractivity contribution in [3.63, 3.8) is 0 Å². The second-order valence-electron chi connectivity index (χ2n) is 8.54. The summed E-state index contributed by atoms with van der Waals surface area (Å²) in [6.45, 7) is 6.87. The van der Waals surface area contributed by atoms with Crippen molar-refractivity contribution in [1.29, 1.82) is 0 Å². The zero-order valence-corrected chi connectivity index (χ0v) is 21.9. The Morgan fingerprint density at radius 2 is 1.89 bits per heavy atom. The summed E-state index contributed by atoms with van der Waals surface area (Å²) in [5, 5.41) is 2.69.